The number of esters is 1. The summed E-state index contributed by atoms with van der Waals surface area (Å²) in [6.45, 7) is 5.77. The minimum absolute atomic E-state index is 0.0114. The third-order valence-electron chi connectivity index (χ3n) is 4.31. The highest BCUT2D eigenvalue weighted by atomic mass is 32.1. The number of carbonyl (C=O) groups is 2. The molecule has 0 radical (unpaired) electrons. The summed E-state index contributed by atoms with van der Waals surface area (Å²) in [7, 11) is 0. The van der Waals surface area contributed by atoms with E-state index in [0.717, 1.165) is 10.6 Å². The molecular weight excluding hydrogens is 386 g/mol. The fourth-order valence-corrected chi connectivity index (χ4v) is 3.46. The van der Waals surface area contributed by atoms with Crippen LogP contribution in [0.5, 0.6) is 0 Å². The molecule has 1 aromatic carbocycles. The van der Waals surface area contributed by atoms with Crippen molar-refractivity contribution in [2.75, 3.05) is 5.32 Å². The maximum atomic E-state index is 12.3. The predicted molar refractivity (Wildman–Crippen MR) is 114 cm³/mol. The van der Waals surface area contributed by atoms with Crippen LogP contribution in [-0.2, 0) is 20.7 Å². The van der Waals surface area contributed by atoms with Gasteiger partial charge < -0.3 is 10.1 Å². The topological polar surface area (TPSA) is 81.2 Å². The first kappa shape index (κ1) is 20.7. The monoisotopic (exact) mass is 409 g/mol. The lowest BCUT2D eigenvalue weighted by Gasteiger charge is -2.14. The van der Waals surface area contributed by atoms with Crippen molar-refractivity contribution in [3.05, 3.63) is 65.4 Å². The molecule has 1 N–H and O–H groups in total. The van der Waals surface area contributed by atoms with Crippen molar-refractivity contribution in [1.82, 2.24) is 9.97 Å². The number of pyridine rings is 1. The van der Waals surface area contributed by atoms with Crippen LogP contribution in [-0.4, -0.2) is 27.9 Å². The Kier molecular flexibility index (Phi) is 6.72. The molecule has 2 heterocycles. The van der Waals surface area contributed by atoms with Crippen LogP contribution in [0.25, 0.3) is 10.6 Å². The molecule has 0 unspecified atom stereocenters. The summed E-state index contributed by atoms with van der Waals surface area (Å²) < 4.78 is 5.27. The molecule has 1 amide bonds. The van der Waals surface area contributed by atoms with E-state index in [4.69, 9.17) is 4.74 Å². The number of thiazole rings is 1. The maximum absolute atomic E-state index is 12.3. The van der Waals surface area contributed by atoms with Crippen LogP contribution in [0.3, 0.4) is 0 Å². The van der Waals surface area contributed by atoms with Gasteiger partial charge in [-0.25, -0.2) is 4.98 Å². The number of nitrogens with zero attached hydrogens (tertiary/aromatic N) is 2. The van der Waals surface area contributed by atoms with Gasteiger partial charge in [0.05, 0.1) is 12.1 Å². The van der Waals surface area contributed by atoms with Crippen molar-refractivity contribution in [3.8, 4) is 10.6 Å². The van der Waals surface area contributed by atoms with Gasteiger partial charge >= 0.3 is 5.97 Å². The van der Waals surface area contributed by atoms with Gasteiger partial charge in [0, 0.05) is 29.0 Å². The Labute approximate surface area is 174 Å². The number of nitrogens with one attached hydrogen (secondary N) is 1. The molecule has 7 heteroatoms. The second kappa shape index (κ2) is 9.43. The van der Waals surface area contributed by atoms with Gasteiger partial charge in [0.2, 0.25) is 0 Å². The van der Waals surface area contributed by atoms with Crippen LogP contribution in [0.2, 0.25) is 0 Å². The van der Waals surface area contributed by atoms with Crippen molar-refractivity contribution in [2.24, 2.45) is 0 Å². The van der Waals surface area contributed by atoms with Gasteiger partial charge in [-0.2, -0.15) is 0 Å². The van der Waals surface area contributed by atoms with Gasteiger partial charge in [0.25, 0.3) is 5.91 Å². The summed E-state index contributed by atoms with van der Waals surface area (Å²) in [6, 6.07) is 11.4. The molecule has 2 aromatic heterocycles. The normalized spacial score (nSPS) is 11.9. The van der Waals surface area contributed by atoms with E-state index in [1.54, 1.807) is 19.3 Å². The number of amides is 1. The summed E-state index contributed by atoms with van der Waals surface area (Å²) in [4.78, 5) is 33.0. The molecule has 3 aromatic rings. The Morgan fingerprint density at radius 1 is 1.14 bits per heavy atom. The Bertz CT molecular complexity index is 968. The molecule has 0 fully saturated rings. The fraction of sp³-hybridized carbons (Fsp3) is 0.273. The Balaban J connectivity index is 1.52. The van der Waals surface area contributed by atoms with Crippen molar-refractivity contribution in [3.63, 3.8) is 0 Å². The maximum Gasteiger partial charge on any atom is 0.312 e. The first-order valence-corrected chi connectivity index (χ1v) is 10.3. The summed E-state index contributed by atoms with van der Waals surface area (Å²) in [6.07, 6.45) is 2.53. The summed E-state index contributed by atoms with van der Waals surface area (Å²) in [5.74, 6) is -0.445. The number of aromatic nitrogens is 2. The lowest BCUT2D eigenvalue weighted by molar-refractivity contribution is -0.152. The number of rotatable bonds is 7. The molecule has 3 rings (SSSR count). The number of hydrogen-bond acceptors (Lipinski definition) is 6. The number of hydrogen-bond donors (Lipinski definition) is 1. The number of anilines is 1. The number of benzene rings is 1. The molecule has 6 nitrogen and oxygen atoms in total. The SMILES string of the molecule is CC(C)c1ccc(NC(=O)[C@@H](C)OC(=O)Cc2csc(-c3cccnc3)n2)cc1. The largest absolute Gasteiger partial charge is 0.452 e. The van der Waals surface area contributed by atoms with Crippen LogP contribution in [0, 0.1) is 0 Å². The number of carbonyl (C=O) groups excluding carboxylic acids is 2. The van der Waals surface area contributed by atoms with Gasteiger partial charge in [-0.05, 0) is 42.7 Å². The molecule has 29 heavy (non-hydrogen) atoms. The quantitative estimate of drug-likeness (QED) is 0.584. The lowest BCUT2D eigenvalue weighted by atomic mass is 10.0. The van der Waals surface area contributed by atoms with Crippen LogP contribution in [0.1, 0.15) is 37.9 Å². The van der Waals surface area contributed by atoms with Crippen molar-refractivity contribution >= 4 is 28.9 Å². The molecule has 0 aliphatic carbocycles. The molecule has 0 aliphatic heterocycles. The van der Waals surface area contributed by atoms with E-state index < -0.39 is 12.1 Å². The second-order valence-electron chi connectivity index (χ2n) is 6.96. The van der Waals surface area contributed by atoms with E-state index >= 15 is 0 Å². The zero-order valence-electron chi connectivity index (χ0n) is 16.6. The standard InChI is InChI=1S/C22H23N3O3S/c1-14(2)16-6-8-18(9-7-16)24-21(27)15(3)28-20(26)11-19-13-29-22(25-19)17-5-4-10-23-12-17/h4-10,12-15H,11H2,1-3H3,(H,24,27)/t15-/m1/s1. The van der Waals surface area contributed by atoms with Crippen molar-refractivity contribution in [1.29, 1.82) is 0 Å². The zero-order valence-corrected chi connectivity index (χ0v) is 17.4. The van der Waals surface area contributed by atoms with Gasteiger partial charge in [-0.15, -0.1) is 11.3 Å². The average molecular weight is 410 g/mol. The first-order valence-electron chi connectivity index (χ1n) is 9.37. The molecule has 150 valence electrons. The number of ether oxygens (including phenoxy) is 1. The highest BCUT2D eigenvalue weighted by Crippen LogP contribution is 2.23. The average Bonchev–Trinajstić information content (AvgIpc) is 3.17. The van der Waals surface area contributed by atoms with Gasteiger partial charge in [-0.3, -0.25) is 14.6 Å². The second-order valence-corrected chi connectivity index (χ2v) is 7.82. The van der Waals surface area contributed by atoms with Crippen LogP contribution in [0.15, 0.2) is 54.2 Å². The highest BCUT2D eigenvalue weighted by Gasteiger charge is 2.19. The first-order chi connectivity index (χ1) is 13.9. The predicted octanol–water partition coefficient (Wildman–Crippen LogP) is 4.44. The van der Waals surface area contributed by atoms with E-state index in [9.17, 15) is 9.59 Å². The van der Waals surface area contributed by atoms with Crippen molar-refractivity contribution < 1.29 is 14.3 Å². The van der Waals surface area contributed by atoms with Crippen LogP contribution < -0.4 is 5.32 Å². The van der Waals surface area contributed by atoms with E-state index in [1.807, 2.05) is 41.8 Å². The van der Waals surface area contributed by atoms with E-state index in [2.05, 4.69) is 29.1 Å². The summed E-state index contributed by atoms with van der Waals surface area (Å²) in [5.41, 5.74) is 3.36. The van der Waals surface area contributed by atoms with Gasteiger partial charge in [-0.1, -0.05) is 26.0 Å². The van der Waals surface area contributed by atoms with E-state index in [0.29, 0.717) is 17.3 Å². The van der Waals surface area contributed by atoms with Crippen molar-refractivity contribution in [2.45, 2.75) is 39.2 Å². The van der Waals surface area contributed by atoms with Crippen LogP contribution in [0.4, 0.5) is 5.69 Å². The Morgan fingerprint density at radius 2 is 1.90 bits per heavy atom. The molecular formula is C22H23N3O3S. The zero-order chi connectivity index (χ0) is 20.8. The molecule has 0 aliphatic rings. The summed E-state index contributed by atoms with van der Waals surface area (Å²) >= 11 is 1.44. The molecule has 0 spiro atoms. The van der Waals surface area contributed by atoms with Gasteiger partial charge in [0.15, 0.2) is 6.10 Å². The molecule has 0 saturated carbocycles. The Morgan fingerprint density at radius 3 is 2.55 bits per heavy atom. The third kappa shape index (κ3) is 5.71. The minimum Gasteiger partial charge on any atom is -0.452 e. The van der Waals surface area contributed by atoms with E-state index in [1.165, 1.54) is 16.9 Å². The minimum atomic E-state index is -0.899. The fourth-order valence-electron chi connectivity index (χ4n) is 2.65. The van der Waals surface area contributed by atoms with Gasteiger partial charge in [0.1, 0.15) is 5.01 Å². The summed E-state index contributed by atoms with van der Waals surface area (Å²) in [5, 5.41) is 5.36. The molecule has 0 saturated heterocycles. The molecule has 1 atom stereocenters. The Hall–Kier alpha value is -3.06. The van der Waals surface area contributed by atoms with Crippen LogP contribution >= 0.6 is 11.3 Å². The third-order valence-corrected chi connectivity index (χ3v) is 5.25. The molecule has 0 bridgehead atoms. The lowest BCUT2D eigenvalue weighted by Crippen LogP contribution is -2.30. The van der Waals surface area contributed by atoms with E-state index in [-0.39, 0.29) is 12.3 Å². The highest BCUT2D eigenvalue weighted by molar-refractivity contribution is 7.13. The smallest absolute Gasteiger partial charge is 0.312 e.